The summed E-state index contributed by atoms with van der Waals surface area (Å²) in [5.41, 5.74) is 2.19. The van der Waals surface area contributed by atoms with Gasteiger partial charge in [-0.15, -0.1) is 0 Å². The molecular formula is C14H23NO2. The van der Waals surface area contributed by atoms with Gasteiger partial charge in [0.1, 0.15) is 0 Å². The lowest BCUT2D eigenvalue weighted by atomic mass is 9.99. The molecule has 1 aromatic carbocycles. The average Bonchev–Trinajstić information content (AvgIpc) is 2.37. The molecule has 1 aromatic rings. The predicted molar refractivity (Wildman–Crippen MR) is 69.8 cm³/mol. The molecule has 0 saturated heterocycles. The van der Waals surface area contributed by atoms with E-state index >= 15 is 0 Å². The third kappa shape index (κ3) is 4.46. The Morgan fingerprint density at radius 1 is 1.35 bits per heavy atom. The van der Waals surface area contributed by atoms with Crippen molar-refractivity contribution in [3.8, 4) is 0 Å². The minimum absolute atomic E-state index is 0.154. The molecule has 0 amide bonds. The van der Waals surface area contributed by atoms with Crippen molar-refractivity contribution in [2.75, 3.05) is 13.7 Å². The second kappa shape index (κ2) is 6.74. The van der Waals surface area contributed by atoms with E-state index < -0.39 is 0 Å². The first kappa shape index (κ1) is 14.2. The minimum atomic E-state index is -0.197. The average molecular weight is 237 g/mol. The van der Waals surface area contributed by atoms with Crippen LogP contribution < -0.4 is 5.32 Å². The van der Waals surface area contributed by atoms with E-state index in [1.54, 1.807) is 7.11 Å². The van der Waals surface area contributed by atoms with Crippen LogP contribution in [0.1, 0.15) is 31.4 Å². The second-order valence-electron chi connectivity index (χ2n) is 4.68. The molecular weight excluding hydrogens is 214 g/mol. The molecule has 0 aromatic heterocycles. The van der Waals surface area contributed by atoms with Gasteiger partial charge in [-0.2, -0.15) is 0 Å². The SMILES string of the molecule is CCC(C)(CO)NCc1cccc(COC)c1. The van der Waals surface area contributed by atoms with Gasteiger partial charge in [0.2, 0.25) is 0 Å². The molecule has 0 saturated carbocycles. The monoisotopic (exact) mass is 237 g/mol. The Balaban J connectivity index is 2.59. The Morgan fingerprint density at radius 2 is 2.06 bits per heavy atom. The lowest BCUT2D eigenvalue weighted by molar-refractivity contribution is 0.168. The maximum absolute atomic E-state index is 9.32. The number of ether oxygens (including phenoxy) is 1. The lowest BCUT2D eigenvalue weighted by Crippen LogP contribution is -2.44. The zero-order chi connectivity index (χ0) is 12.7. The van der Waals surface area contributed by atoms with E-state index in [0.717, 1.165) is 13.0 Å². The standard InChI is InChI=1S/C14H23NO2/c1-4-14(2,11-16)15-9-12-6-5-7-13(8-12)10-17-3/h5-8,15-16H,4,9-11H2,1-3H3. The summed E-state index contributed by atoms with van der Waals surface area (Å²) >= 11 is 0. The molecule has 0 bridgehead atoms. The van der Waals surface area contributed by atoms with Gasteiger partial charge in [-0.1, -0.05) is 31.2 Å². The lowest BCUT2D eigenvalue weighted by Gasteiger charge is -2.27. The van der Waals surface area contributed by atoms with E-state index in [-0.39, 0.29) is 12.1 Å². The van der Waals surface area contributed by atoms with Crippen LogP contribution in [0, 0.1) is 0 Å². The van der Waals surface area contributed by atoms with E-state index in [1.807, 2.05) is 13.0 Å². The number of hydrogen-bond acceptors (Lipinski definition) is 3. The summed E-state index contributed by atoms with van der Waals surface area (Å²) < 4.78 is 5.11. The van der Waals surface area contributed by atoms with E-state index in [0.29, 0.717) is 6.61 Å². The Bertz CT molecular complexity index is 335. The van der Waals surface area contributed by atoms with Crippen LogP contribution in [0.25, 0.3) is 0 Å². The number of aliphatic hydroxyl groups is 1. The van der Waals surface area contributed by atoms with Crippen LogP contribution in [0.3, 0.4) is 0 Å². The van der Waals surface area contributed by atoms with Crippen LogP contribution in [-0.4, -0.2) is 24.4 Å². The van der Waals surface area contributed by atoms with Crippen LogP contribution in [0.5, 0.6) is 0 Å². The fourth-order valence-corrected chi connectivity index (χ4v) is 1.60. The maximum Gasteiger partial charge on any atom is 0.0713 e. The van der Waals surface area contributed by atoms with Crippen molar-refractivity contribution >= 4 is 0 Å². The third-order valence-electron chi connectivity index (χ3n) is 3.15. The van der Waals surface area contributed by atoms with Gasteiger partial charge in [-0.05, 0) is 24.5 Å². The zero-order valence-corrected chi connectivity index (χ0v) is 11.0. The number of nitrogens with one attached hydrogen (secondary N) is 1. The molecule has 0 radical (unpaired) electrons. The van der Waals surface area contributed by atoms with Crippen molar-refractivity contribution in [2.45, 2.75) is 39.0 Å². The number of methoxy groups -OCH3 is 1. The van der Waals surface area contributed by atoms with Crippen molar-refractivity contribution in [3.63, 3.8) is 0 Å². The molecule has 3 nitrogen and oxygen atoms in total. The first-order valence-electron chi connectivity index (χ1n) is 6.06. The predicted octanol–water partition coefficient (Wildman–Crippen LogP) is 2.08. The summed E-state index contributed by atoms with van der Waals surface area (Å²) in [6.07, 6.45) is 0.904. The molecule has 2 N–H and O–H groups in total. The molecule has 1 rings (SSSR count). The molecule has 17 heavy (non-hydrogen) atoms. The van der Waals surface area contributed by atoms with Gasteiger partial charge in [0.05, 0.1) is 13.2 Å². The second-order valence-corrected chi connectivity index (χ2v) is 4.68. The molecule has 1 atom stereocenters. The van der Waals surface area contributed by atoms with Crippen LogP contribution in [0.15, 0.2) is 24.3 Å². The van der Waals surface area contributed by atoms with Gasteiger partial charge in [0, 0.05) is 19.2 Å². The topological polar surface area (TPSA) is 41.5 Å². The first-order valence-corrected chi connectivity index (χ1v) is 6.06. The van der Waals surface area contributed by atoms with Gasteiger partial charge >= 0.3 is 0 Å². The number of hydrogen-bond donors (Lipinski definition) is 2. The van der Waals surface area contributed by atoms with Crippen LogP contribution >= 0.6 is 0 Å². The molecule has 1 unspecified atom stereocenters. The van der Waals surface area contributed by atoms with Crippen molar-refractivity contribution < 1.29 is 9.84 Å². The highest BCUT2D eigenvalue weighted by molar-refractivity contribution is 5.23. The van der Waals surface area contributed by atoms with E-state index in [2.05, 4.69) is 30.4 Å². The third-order valence-corrected chi connectivity index (χ3v) is 3.15. The quantitative estimate of drug-likeness (QED) is 0.763. The van der Waals surface area contributed by atoms with Gasteiger partial charge in [0.15, 0.2) is 0 Å². The van der Waals surface area contributed by atoms with Crippen LogP contribution in [0.2, 0.25) is 0 Å². The van der Waals surface area contributed by atoms with Crippen LogP contribution in [0.4, 0.5) is 0 Å². The molecule has 0 aliphatic rings. The van der Waals surface area contributed by atoms with Gasteiger partial charge in [-0.25, -0.2) is 0 Å². The molecule has 96 valence electrons. The van der Waals surface area contributed by atoms with E-state index in [9.17, 15) is 5.11 Å². The summed E-state index contributed by atoms with van der Waals surface area (Å²) in [6, 6.07) is 8.30. The number of aliphatic hydroxyl groups excluding tert-OH is 1. The highest BCUT2D eigenvalue weighted by atomic mass is 16.5. The first-order chi connectivity index (χ1) is 8.13. The molecule has 0 aliphatic carbocycles. The summed E-state index contributed by atoms with van der Waals surface area (Å²) in [4.78, 5) is 0. The molecule has 0 heterocycles. The van der Waals surface area contributed by atoms with Gasteiger partial charge in [0.25, 0.3) is 0 Å². The Hall–Kier alpha value is -0.900. The van der Waals surface area contributed by atoms with E-state index in [4.69, 9.17) is 4.74 Å². The zero-order valence-electron chi connectivity index (χ0n) is 11.0. The Morgan fingerprint density at radius 3 is 2.65 bits per heavy atom. The summed E-state index contributed by atoms with van der Waals surface area (Å²) in [7, 11) is 1.70. The Labute approximate surface area is 104 Å². The van der Waals surface area contributed by atoms with Gasteiger partial charge in [-0.3, -0.25) is 0 Å². The summed E-state index contributed by atoms with van der Waals surface area (Å²) in [5.74, 6) is 0. The highest BCUT2D eigenvalue weighted by Crippen LogP contribution is 2.11. The van der Waals surface area contributed by atoms with Crippen molar-refractivity contribution in [1.29, 1.82) is 0 Å². The van der Waals surface area contributed by atoms with Crippen molar-refractivity contribution in [3.05, 3.63) is 35.4 Å². The number of rotatable bonds is 7. The Kier molecular flexibility index (Phi) is 5.62. The maximum atomic E-state index is 9.32. The largest absolute Gasteiger partial charge is 0.394 e. The fraction of sp³-hybridized carbons (Fsp3) is 0.571. The van der Waals surface area contributed by atoms with Crippen LogP contribution in [-0.2, 0) is 17.9 Å². The normalized spacial score (nSPS) is 14.6. The molecule has 0 aliphatic heterocycles. The smallest absolute Gasteiger partial charge is 0.0713 e. The van der Waals surface area contributed by atoms with Crippen molar-refractivity contribution in [1.82, 2.24) is 5.32 Å². The number of benzene rings is 1. The summed E-state index contributed by atoms with van der Waals surface area (Å²) in [5, 5.41) is 12.7. The summed E-state index contributed by atoms with van der Waals surface area (Å²) in [6.45, 7) is 5.67. The van der Waals surface area contributed by atoms with Gasteiger partial charge < -0.3 is 15.2 Å². The van der Waals surface area contributed by atoms with E-state index in [1.165, 1.54) is 11.1 Å². The molecule has 3 heteroatoms. The van der Waals surface area contributed by atoms with Crippen molar-refractivity contribution in [2.24, 2.45) is 0 Å². The molecule has 0 spiro atoms. The molecule has 0 fully saturated rings. The fourth-order valence-electron chi connectivity index (χ4n) is 1.60. The highest BCUT2D eigenvalue weighted by Gasteiger charge is 2.19. The minimum Gasteiger partial charge on any atom is -0.394 e.